The Balaban J connectivity index is 0.00000256. The molecule has 0 aliphatic carbocycles. The molecule has 0 unspecified atom stereocenters. The molecule has 0 amide bonds. The molecule has 4 rings (SSSR count). The van der Waals surface area contributed by atoms with E-state index in [1.165, 1.54) is 0 Å². The molecule has 1 aliphatic heterocycles. The number of hydrogen-bond acceptors (Lipinski definition) is 3. The number of ether oxygens (including phenoxy) is 1. The van der Waals surface area contributed by atoms with Crippen LogP contribution in [0.4, 0.5) is 5.69 Å². The summed E-state index contributed by atoms with van der Waals surface area (Å²) in [4.78, 5) is 2.13. The van der Waals surface area contributed by atoms with Crippen molar-refractivity contribution in [2.75, 3.05) is 11.4 Å². The van der Waals surface area contributed by atoms with E-state index in [0.29, 0.717) is 0 Å². The van der Waals surface area contributed by atoms with E-state index < -0.39 is 0 Å². The van der Waals surface area contributed by atoms with Crippen LogP contribution >= 0.6 is 63.7 Å². The summed E-state index contributed by atoms with van der Waals surface area (Å²) in [5.74, 6) is 2.39. The fraction of sp³-hybridized carbons (Fsp3) is 0.190. The summed E-state index contributed by atoms with van der Waals surface area (Å²) in [5.41, 5.74) is 2.90. The van der Waals surface area contributed by atoms with Crippen LogP contribution in [0.1, 0.15) is 19.7 Å². The summed E-state index contributed by atoms with van der Waals surface area (Å²) in [5, 5.41) is 0. The number of anilines is 1. The standard InChI is InChI=1S/C21H17Br4N2O2.HI/c1-3-26-16-10-12(22)8-14(24)20(16)28-18(26)6-5-7-19-27(4-2)17-11-13(23)9-15(25)21(17)29-19;/h5-11H,3-4H2,1-2H3;1H/q+1;/p-1. The third-order valence-electron chi connectivity index (χ3n) is 4.61. The Labute approximate surface area is 225 Å². The monoisotopic (exact) mass is 772 g/mol. The van der Waals surface area contributed by atoms with E-state index in [4.69, 9.17) is 9.15 Å². The fourth-order valence-electron chi connectivity index (χ4n) is 3.37. The van der Waals surface area contributed by atoms with Gasteiger partial charge in [0.05, 0.1) is 20.7 Å². The second-order valence-corrected chi connectivity index (χ2v) is 9.91. The number of hydrogen-bond donors (Lipinski definition) is 0. The first-order valence-corrected chi connectivity index (χ1v) is 12.2. The van der Waals surface area contributed by atoms with Gasteiger partial charge in [-0.15, -0.1) is 0 Å². The lowest BCUT2D eigenvalue weighted by Crippen LogP contribution is -3.00. The van der Waals surface area contributed by atoms with Crippen molar-refractivity contribution < 1.29 is 37.7 Å². The second-order valence-electron chi connectivity index (χ2n) is 6.37. The van der Waals surface area contributed by atoms with Crippen molar-refractivity contribution in [1.82, 2.24) is 0 Å². The number of rotatable bonds is 4. The van der Waals surface area contributed by atoms with Gasteiger partial charge in [0.2, 0.25) is 11.5 Å². The minimum Gasteiger partial charge on any atom is -1.00 e. The van der Waals surface area contributed by atoms with Crippen molar-refractivity contribution in [1.29, 1.82) is 0 Å². The fourth-order valence-corrected chi connectivity index (χ4v) is 5.93. The third-order valence-corrected chi connectivity index (χ3v) is 6.71. The van der Waals surface area contributed by atoms with Crippen molar-refractivity contribution in [2.45, 2.75) is 20.4 Å². The van der Waals surface area contributed by atoms with Crippen molar-refractivity contribution in [3.8, 4) is 5.75 Å². The first kappa shape index (κ1) is 24.3. The molecule has 0 atom stereocenters. The first-order chi connectivity index (χ1) is 13.9. The maximum Gasteiger partial charge on any atom is 0.374 e. The van der Waals surface area contributed by atoms with Crippen LogP contribution in [-0.4, -0.2) is 6.54 Å². The van der Waals surface area contributed by atoms with E-state index in [0.717, 1.165) is 65.3 Å². The van der Waals surface area contributed by atoms with Gasteiger partial charge in [0.1, 0.15) is 6.54 Å². The van der Waals surface area contributed by atoms with E-state index in [1.54, 1.807) is 0 Å². The minimum atomic E-state index is 0. The Morgan fingerprint density at radius 1 is 1.00 bits per heavy atom. The van der Waals surface area contributed by atoms with Gasteiger partial charge >= 0.3 is 5.89 Å². The van der Waals surface area contributed by atoms with Crippen LogP contribution in [0.3, 0.4) is 0 Å². The van der Waals surface area contributed by atoms with Gasteiger partial charge < -0.3 is 38.0 Å². The molecule has 0 N–H and O–H groups in total. The Morgan fingerprint density at radius 2 is 1.70 bits per heavy atom. The number of halogens is 5. The van der Waals surface area contributed by atoms with Crippen molar-refractivity contribution in [2.24, 2.45) is 0 Å². The molecule has 2 aromatic carbocycles. The molecule has 0 radical (unpaired) electrons. The zero-order valence-electron chi connectivity index (χ0n) is 16.1. The quantitative estimate of drug-likeness (QED) is 0.288. The summed E-state index contributed by atoms with van der Waals surface area (Å²) >= 11 is 14.3. The van der Waals surface area contributed by atoms with Gasteiger partial charge in [-0.3, -0.25) is 0 Å². The highest BCUT2D eigenvalue weighted by molar-refractivity contribution is 9.11. The highest BCUT2D eigenvalue weighted by Gasteiger charge is 2.27. The van der Waals surface area contributed by atoms with E-state index in [-0.39, 0.29) is 24.0 Å². The normalized spacial score (nSPS) is 14.5. The average molecular weight is 776 g/mol. The lowest BCUT2D eigenvalue weighted by Gasteiger charge is -2.15. The van der Waals surface area contributed by atoms with E-state index in [2.05, 4.69) is 99.2 Å². The molecule has 4 nitrogen and oxygen atoms in total. The zero-order valence-corrected chi connectivity index (χ0v) is 24.6. The number of fused-ring (bicyclic) bond motifs is 2. The van der Waals surface area contributed by atoms with Crippen LogP contribution in [0.5, 0.6) is 5.75 Å². The van der Waals surface area contributed by atoms with E-state index >= 15 is 0 Å². The molecule has 1 aromatic heterocycles. The van der Waals surface area contributed by atoms with Crippen molar-refractivity contribution in [3.05, 3.63) is 66.1 Å². The number of oxazole rings is 1. The van der Waals surface area contributed by atoms with Gasteiger partial charge in [0, 0.05) is 21.6 Å². The summed E-state index contributed by atoms with van der Waals surface area (Å²) in [6.45, 7) is 5.81. The maximum absolute atomic E-state index is 6.10. The Kier molecular flexibility index (Phi) is 8.14. The largest absolute Gasteiger partial charge is 1.00 e. The molecule has 30 heavy (non-hydrogen) atoms. The molecule has 0 saturated carbocycles. The summed E-state index contributed by atoms with van der Waals surface area (Å²) in [7, 11) is 0. The van der Waals surface area contributed by atoms with Gasteiger partial charge in [-0.1, -0.05) is 31.9 Å². The van der Waals surface area contributed by atoms with Crippen LogP contribution in [-0.2, 0) is 6.54 Å². The summed E-state index contributed by atoms with van der Waals surface area (Å²) in [6.07, 6.45) is 5.88. The molecule has 158 valence electrons. The van der Waals surface area contributed by atoms with E-state index in [1.807, 2.05) is 30.4 Å². The minimum absolute atomic E-state index is 0. The van der Waals surface area contributed by atoms with Gasteiger partial charge in [-0.05, 0) is 76.1 Å². The molecular weight excluding hydrogens is 759 g/mol. The molecule has 3 aromatic rings. The van der Waals surface area contributed by atoms with Crippen LogP contribution in [0.2, 0.25) is 0 Å². The molecule has 0 bridgehead atoms. The summed E-state index contributed by atoms with van der Waals surface area (Å²) in [6, 6.07) is 8.10. The molecule has 0 spiro atoms. The number of nitrogens with zero attached hydrogens (tertiary/aromatic N) is 2. The number of aromatic nitrogens is 1. The predicted octanol–water partition coefficient (Wildman–Crippen LogP) is 4.57. The van der Waals surface area contributed by atoms with Crippen LogP contribution in [0.15, 0.2) is 64.6 Å². The smallest absolute Gasteiger partial charge is 0.374 e. The van der Waals surface area contributed by atoms with Crippen molar-refractivity contribution >= 4 is 86.6 Å². The highest BCUT2D eigenvalue weighted by atomic mass is 127. The molecule has 1 aliphatic rings. The molecule has 9 heteroatoms. The first-order valence-electron chi connectivity index (χ1n) is 9.07. The maximum atomic E-state index is 6.10. The van der Waals surface area contributed by atoms with Gasteiger partial charge in [0.15, 0.2) is 5.75 Å². The van der Waals surface area contributed by atoms with Crippen LogP contribution < -0.4 is 38.2 Å². The van der Waals surface area contributed by atoms with Crippen LogP contribution in [0, 0.1) is 0 Å². The van der Waals surface area contributed by atoms with Crippen molar-refractivity contribution in [3.63, 3.8) is 0 Å². The van der Waals surface area contributed by atoms with E-state index in [9.17, 15) is 0 Å². The molecule has 0 fully saturated rings. The Bertz CT molecular complexity index is 1170. The Hall–Kier alpha value is -0.360. The zero-order chi connectivity index (χ0) is 20.7. The summed E-state index contributed by atoms with van der Waals surface area (Å²) < 4.78 is 18.2. The highest BCUT2D eigenvalue weighted by Crippen LogP contribution is 2.45. The van der Waals surface area contributed by atoms with Gasteiger partial charge in [0.25, 0.3) is 5.52 Å². The lowest BCUT2D eigenvalue weighted by atomic mass is 10.3. The number of aryl methyl sites for hydroxylation is 1. The number of benzene rings is 2. The third kappa shape index (κ3) is 4.55. The van der Waals surface area contributed by atoms with Gasteiger partial charge in [-0.25, -0.2) is 0 Å². The topological polar surface area (TPSA) is 29.5 Å². The van der Waals surface area contributed by atoms with Crippen LogP contribution in [0.25, 0.3) is 17.2 Å². The number of allylic oxidation sites excluding steroid dienone is 2. The molecule has 2 heterocycles. The average Bonchev–Trinajstić information content (AvgIpc) is 3.19. The molecule has 0 saturated heterocycles. The SMILES string of the molecule is CCN1C(=CC=Cc2oc3c(Br)cc(Br)cc3[n+]2CC)Oc2c(Br)cc(Br)cc21.[I-]. The predicted molar refractivity (Wildman–Crippen MR) is 130 cm³/mol. The Morgan fingerprint density at radius 3 is 2.40 bits per heavy atom. The lowest BCUT2D eigenvalue weighted by molar-refractivity contribution is -0.674. The molecular formula is C21H17Br4IN2O2. The van der Waals surface area contributed by atoms with Gasteiger partial charge in [-0.2, -0.15) is 4.57 Å². The second kappa shape index (κ2) is 10.1.